The van der Waals surface area contributed by atoms with E-state index in [9.17, 15) is 0 Å². The Hall–Kier alpha value is -5.96. The molecular weight excluding hydrogens is 757 g/mol. The number of fused-ring (bicyclic) bond motifs is 6. The summed E-state index contributed by atoms with van der Waals surface area (Å²) in [6, 6.07) is 44.6. The van der Waals surface area contributed by atoms with E-state index in [1.807, 2.05) is 109 Å². The van der Waals surface area contributed by atoms with Crippen molar-refractivity contribution in [2.45, 2.75) is 72.0 Å². The zero-order chi connectivity index (χ0) is 40.8. The number of aromatic nitrogens is 2. The Morgan fingerprint density at radius 1 is 0.379 bits per heavy atom. The van der Waals surface area contributed by atoms with Crippen LogP contribution < -0.4 is 0 Å². The Kier molecular flexibility index (Phi) is 8.62. The lowest BCUT2D eigenvalue weighted by molar-refractivity contribution is 0.585. The molecule has 0 saturated heterocycles. The van der Waals surface area contributed by atoms with Gasteiger partial charge in [-0.1, -0.05) is 139 Å². The molecule has 290 valence electrons. The van der Waals surface area contributed by atoms with E-state index in [1.165, 1.54) is 0 Å². The fourth-order valence-corrected chi connectivity index (χ4v) is 11.1. The van der Waals surface area contributed by atoms with Gasteiger partial charge in [-0.05, 0) is 70.5 Å². The average molecular weight is 801 g/mol. The summed E-state index contributed by atoms with van der Waals surface area (Å²) < 4.78 is 61.1. The number of aromatic amines is 2. The summed E-state index contributed by atoms with van der Waals surface area (Å²) >= 11 is 0. The van der Waals surface area contributed by atoms with Gasteiger partial charge in [0, 0.05) is 54.8 Å². The summed E-state index contributed by atoms with van der Waals surface area (Å²) in [5.41, 5.74) is 6.56. The average Bonchev–Trinajstić information content (AvgIpc) is 3.79. The van der Waals surface area contributed by atoms with Crippen molar-refractivity contribution in [2.24, 2.45) is 0 Å². The molecule has 0 radical (unpaired) electrons. The van der Waals surface area contributed by atoms with Crippen molar-refractivity contribution in [1.29, 1.82) is 0 Å². The van der Waals surface area contributed by atoms with Crippen LogP contribution in [0.4, 0.5) is 0 Å². The molecule has 58 heavy (non-hydrogen) atoms. The van der Waals surface area contributed by atoms with Crippen LogP contribution in [0.25, 0.3) is 65.9 Å². The first-order valence-electron chi connectivity index (χ1n) is 19.4. The normalized spacial score (nSPS) is 12.9. The molecule has 9 aromatic rings. The lowest BCUT2D eigenvalue weighted by Crippen LogP contribution is -2.13. The van der Waals surface area contributed by atoms with Gasteiger partial charge in [0.1, 0.15) is 0 Å². The molecule has 2 heterocycles. The highest BCUT2D eigenvalue weighted by molar-refractivity contribution is 7.92. The fourth-order valence-electron chi connectivity index (χ4n) is 8.14. The molecule has 2 aromatic heterocycles. The zero-order valence-corrected chi connectivity index (χ0v) is 34.9. The van der Waals surface area contributed by atoms with Crippen LogP contribution in [0.15, 0.2) is 165 Å². The Balaban J connectivity index is 1.41. The molecule has 0 spiro atoms. The first kappa shape index (κ1) is 37.6. The van der Waals surface area contributed by atoms with Gasteiger partial charge in [0.25, 0.3) is 0 Å². The minimum Gasteiger partial charge on any atom is -0.354 e. The molecule has 0 saturated carbocycles. The maximum absolute atomic E-state index is 15.3. The van der Waals surface area contributed by atoms with E-state index in [2.05, 4.69) is 51.5 Å². The lowest BCUT2D eigenvalue weighted by atomic mass is 9.87. The number of rotatable bonds is 6. The number of hydrogen-bond donors (Lipinski definition) is 2. The highest BCUT2D eigenvalue weighted by Gasteiger charge is 2.32. The molecule has 8 heteroatoms. The summed E-state index contributed by atoms with van der Waals surface area (Å²) in [4.78, 5) is 7.32. The molecule has 0 fully saturated rings. The van der Waals surface area contributed by atoms with Crippen LogP contribution in [0.2, 0.25) is 0 Å². The van der Waals surface area contributed by atoms with Gasteiger partial charge in [-0.2, -0.15) is 0 Å². The van der Waals surface area contributed by atoms with Gasteiger partial charge < -0.3 is 9.97 Å². The molecule has 0 atom stereocenters. The second-order valence-corrected chi connectivity index (χ2v) is 21.0. The van der Waals surface area contributed by atoms with E-state index < -0.39 is 19.7 Å². The van der Waals surface area contributed by atoms with Crippen molar-refractivity contribution in [3.63, 3.8) is 0 Å². The van der Waals surface area contributed by atoms with E-state index in [4.69, 9.17) is 0 Å². The summed E-state index contributed by atoms with van der Waals surface area (Å²) in [6.07, 6.45) is 0. The quantitative estimate of drug-likeness (QED) is 0.175. The van der Waals surface area contributed by atoms with Crippen LogP contribution in [0.1, 0.15) is 52.7 Å². The van der Waals surface area contributed by atoms with Crippen LogP contribution in [-0.4, -0.2) is 26.8 Å². The summed E-state index contributed by atoms with van der Waals surface area (Å²) in [5, 5.41) is 3.77. The molecule has 0 bridgehead atoms. The Morgan fingerprint density at radius 3 is 1.09 bits per heavy atom. The molecule has 2 N–H and O–H groups in total. The SMILES string of the molecule is CC(C)(C)c1ccc(S(=O)(=O)c2cc(-c3cccc4c3[nH]c3ccccc34)c(S(=O)(=O)c3ccc(C(C)(C)C)cc3)cc2-c2cccc3c2[nH]c2ccccc23)cc1. The highest BCUT2D eigenvalue weighted by atomic mass is 32.2. The lowest BCUT2D eigenvalue weighted by Gasteiger charge is -2.21. The number of H-pyrrole nitrogens is 2. The number of benzene rings is 7. The molecule has 0 amide bonds. The molecule has 0 aliphatic heterocycles. The van der Waals surface area contributed by atoms with E-state index in [1.54, 1.807) is 36.4 Å². The Morgan fingerprint density at radius 2 is 0.724 bits per heavy atom. The van der Waals surface area contributed by atoms with Gasteiger partial charge in [0.15, 0.2) is 0 Å². The minimum atomic E-state index is -4.25. The van der Waals surface area contributed by atoms with Crippen molar-refractivity contribution in [1.82, 2.24) is 9.97 Å². The van der Waals surface area contributed by atoms with Crippen molar-refractivity contribution in [2.75, 3.05) is 0 Å². The van der Waals surface area contributed by atoms with Gasteiger partial charge in [-0.15, -0.1) is 0 Å². The molecule has 0 aliphatic rings. The number of para-hydroxylation sites is 4. The Bertz CT molecular complexity index is 3080. The third kappa shape index (κ3) is 6.14. The number of hydrogen-bond acceptors (Lipinski definition) is 4. The topological polar surface area (TPSA) is 99.9 Å². The monoisotopic (exact) mass is 800 g/mol. The van der Waals surface area contributed by atoms with Crippen molar-refractivity contribution < 1.29 is 16.8 Å². The zero-order valence-electron chi connectivity index (χ0n) is 33.3. The molecule has 0 unspecified atom stereocenters. The van der Waals surface area contributed by atoms with Gasteiger partial charge in [-0.3, -0.25) is 0 Å². The molecular formula is C50H44N2O4S2. The van der Waals surface area contributed by atoms with E-state index in [0.717, 1.165) is 43.7 Å². The molecule has 6 nitrogen and oxygen atoms in total. The molecule has 9 rings (SSSR count). The predicted molar refractivity (Wildman–Crippen MR) is 237 cm³/mol. The van der Waals surface area contributed by atoms with Gasteiger partial charge in [0.2, 0.25) is 19.7 Å². The van der Waals surface area contributed by atoms with Crippen molar-refractivity contribution >= 4 is 63.3 Å². The van der Waals surface area contributed by atoms with Gasteiger partial charge in [0.05, 0.1) is 30.6 Å². The highest BCUT2D eigenvalue weighted by Crippen LogP contribution is 2.45. The molecule has 0 aliphatic carbocycles. The second-order valence-electron chi connectivity index (χ2n) is 17.2. The smallest absolute Gasteiger partial charge is 0.207 e. The number of sulfone groups is 2. The summed E-state index contributed by atoms with van der Waals surface area (Å²) in [7, 11) is -8.51. The van der Waals surface area contributed by atoms with Crippen LogP contribution in [-0.2, 0) is 30.5 Å². The van der Waals surface area contributed by atoms with E-state index >= 15 is 16.8 Å². The van der Waals surface area contributed by atoms with Crippen LogP contribution >= 0.6 is 0 Å². The minimum absolute atomic E-state index is 0.00677. The Labute approximate surface area is 339 Å². The van der Waals surface area contributed by atoms with Gasteiger partial charge >= 0.3 is 0 Å². The second kappa shape index (κ2) is 13.3. The van der Waals surface area contributed by atoms with Crippen LogP contribution in [0, 0.1) is 0 Å². The summed E-state index contributed by atoms with van der Waals surface area (Å²) in [6.45, 7) is 12.5. The first-order valence-corrected chi connectivity index (χ1v) is 22.4. The largest absolute Gasteiger partial charge is 0.354 e. The fraction of sp³-hybridized carbons (Fsp3) is 0.160. The van der Waals surface area contributed by atoms with Crippen LogP contribution in [0.3, 0.4) is 0 Å². The van der Waals surface area contributed by atoms with Crippen molar-refractivity contribution in [3.05, 3.63) is 157 Å². The van der Waals surface area contributed by atoms with E-state index in [-0.39, 0.29) is 41.5 Å². The maximum Gasteiger partial charge on any atom is 0.207 e. The van der Waals surface area contributed by atoms with Crippen LogP contribution in [0.5, 0.6) is 0 Å². The predicted octanol–water partition coefficient (Wildman–Crippen LogP) is 12.6. The van der Waals surface area contributed by atoms with Crippen molar-refractivity contribution in [3.8, 4) is 22.3 Å². The number of nitrogens with one attached hydrogen (secondary N) is 2. The summed E-state index contributed by atoms with van der Waals surface area (Å²) in [5.74, 6) is 0. The molecule has 7 aromatic carbocycles. The standard InChI is InChI=1S/C50H44N2O4S2/c1-49(2,3)31-21-25-33(26-22-31)57(53,54)45-29-42(40-18-12-16-38-36-14-8-10-20-44(36)52-48(38)40)46(58(55,56)34-27-23-32(24-28-34)50(4,5)6)30-41(45)39-17-11-15-37-35-13-7-9-19-43(35)51-47(37)39/h7-30,51-52H,1-6H3. The third-order valence-electron chi connectivity index (χ3n) is 11.4. The van der Waals surface area contributed by atoms with E-state index in [0.29, 0.717) is 22.2 Å². The third-order valence-corrected chi connectivity index (χ3v) is 15.0. The van der Waals surface area contributed by atoms with Gasteiger partial charge in [-0.25, -0.2) is 16.8 Å². The maximum atomic E-state index is 15.3. The first-order chi connectivity index (χ1) is 27.5.